The minimum atomic E-state index is -0.212. The minimum absolute atomic E-state index is 0.212. The van der Waals surface area contributed by atoms with Crippen LogP contribution >= 0.6 is 11.3 Å². The lowest BCUT2D eigenvalue weighted by molar-refractivity contribution is -0.142. The Balaban J connectivity index is 2.57. The van der Waals surface area contributed by atoms with E-state index in [0.717, 1.165) is 17.0 Å². The summed E-state index contributed by atoms with van der Waals surface area (Å²) in [4.78, 5) is 16.2. The molecule has 0 aliphatic carbocycles. The predicted octanol–water partition coefficient (Wildman–Crippen LogP) is 1.61. The normalized spacial score (nSPS) is 10.0. The quantitative estimate of drug-likeness (QED) is 0.690. The molecule has 0 saturated heterocycles. The van der Waals surface area contributed by atoms with E-state index in [1.54, 1.807) is 6.92 Å². The monoisotopic (exact) mass is 198 g/mol. The van der Waals surface area contributed by atoms with E-state index in [0.29, 0.717) is 6.61 Å². The Morgan fingerprint density at radius 3 is 3.00 bits per heavy atom. The Hall–Kier alpha value is -0.900. The molecule has 0 fully saturated rings. The Morgan fingerprint density at radius 2 is 2.38 bits per heavy atom. The second-order valence-corrected chi connectivity index (χ2v) is 3.39. The molecule has 13 heavy (non-hydrogen) atoms. The van der Waals surface area contributed by atoms with Crippen LogP contribution in [-0.2, 0) is 22.4 Å². The van der Waals surface area contributed by atoms with Gasteiger partial charge in [0.15, 0.2) is 5.51 Å². The molecule has 1 radical (unpaired) electrons. The number of hydrogen-bond donors (Lipinski definition) is 0. The van der Waals surface area contributed by atoms with Gasteiger partial charge in [-0.15, -0.1) is 11.3 Å². The van der Waals surface area contributed by atoms with Crippen molar-refractivity contribution in [3.8, 4) is 0 Å². The lowest BCUT2D eigenvalue weighted by Crippen LogP contribution is -2.08. The number of carbonyl (C=O) groups excluding carboxylic acids is 1. The highest BCUT2D eigenvalue weighted by atomic mass is 32.1. The van der Waals surface area contributed by atoms with Crippen molar-refractivity contribution in [3.05, 3.63) is 16.1 Å². The number of aromatic nitrogens is 1. The first-order valence-electron chi connectivity index (χ1n) is 4.28. The van der Waals surface area contributed by atoms with Gasteiger partial charge in [-0.1, -0.05) is 6.92 Å². The van der Waals surface area contributed by atoms with E-state index in [2.05, 4.69) is 10.5 Å². The van der Waals surface area contributed by atoms with E-state index < -0.39 is 0 Å². The molecule has 3 nitrogen and oxygen atoms in total. The molecule has 71 valence electrons. The largest absolute Gasteiger partial charge is 0.466 e. The van der Waals surface area contributed by atoms with E-state index in [4.69, 9.17) is 4.74 Å². The zero-order valence-corrected chi connectivity index (χ0v) is 8.61. The van der Waals surface area contributed by atoms with Crippen molar-refractivity contribution in [2.75, 3.05) is 6.61 Å². The zero-order chi connectivity index (χ0) is 9.68. The SMILES string of the molecule is CCOC(=O)Cc1n[c]sc1CC. The summed E-state index contributed by atoms with van der Waals surface area (Å²) in [6, 6.07) is 0. The fourth-order valence-corrected chi connectivity index (χ4v) is 1.66. The van der Waals surface area contributed by atoms with E-state index in [-0.39, 0.29) is 12.4 Å². The first kappa shape index (κ1) is 10.2. The van der Waals surface area contributed by atoms with Crippen molar-refractivity contribution in [1.29, 1.82) is 0 Å². The molecule has 1 aromatic heterocycles. The number of ether oxygens (including phenoxy) is 1. The van der Waals surface area contributed by atoms with Gasteiger partial charge >= 0.3 is 5.97 Å². The van der Waals surface area contributed by atoms with Crippen LogP contribution in [0.1, 0.15) is 24.4 Å². The number of rotatable bonds is 4. The fourth-order valence-electron chi connectivity index (χ4n) is 1.02. The highest BCUT2D eigenvalue weighted by molar-refractivity contribution is 7.09. The maximum Gasteiger partial charge on any atom is 0.311 e. The highest BCUT2D eigenvalue weighted by Gasteiger charge is 2.10. The molecule has 1 aromatic rings. The summed E-state index contributed by atoms with van der Waals surface area (Å²) >= 11 is 1.47. The van der Waals surface area contributed by atoms with Crippen molar-refractivity contribution in [2.24, 2.45) is 0 Å². The summed E-state index contributed by atoms with van der Waals surface area (Å²) in [7, 11) is 0. The molecular formula is C9H12NO2S. The van der Waals surface area contributed by atoms with Gasteiger partial charge in [0.1, 0.15) is 0 Å². The second kappa shape index (κ2) is 4.97. The molecule has 0 amide bonds. The molecule has 0 aromatic carbocycles. The minimum Gasteiger partial charge on any atom is -0.466 e. The second-order valence-electron chi connectivity index (χ2n) is 2.51. The first-order chi connectivity index (χ1) is 6.27. The topological polar surface area (TPSA) is 39.2 Å². The summed E-state index contributed by atoms with van der Waals surface area (Å²) in [5.41, 5.74) is 3.59. The zero-order valence-electron chi connectivity index (χ0n) is 7.79. The summed E-state index contributed by atoms with van der Waals surface area (Å²) in [6.07, 6.45) is 1.17. The van der Waals surface area contributed by atoms with Gasteiger partial charge < -0.3 is 4.74 Å². The van der Waals surface area contributed by atoms with Crippen molar-refractivity contribution in [3.63, 3.8) is 0 Å². The third-order valence-electron chi connectivity index (χ3n) is 1.61. The molecule has 1 heterocycles. The van der Waals surface area contributed by atoms with Gasteiger partial charge in [-0.25, -0.2) is 4.98 Å². The standard InChI is InChI=1S/C9H12NO2S/c1-3-8-7(10-6-13-8)5-9(11)12-4-2/h3-5H2,1-2H3. The van der Waals surface area contributed by atoms with Crippen LogP contribution in [0.15, 0.2) is 0 Å². The number of hydrogen-bond acceptors (Lipinski definition) is 4. The number of thiazole rings is 1. The fraction of sp³-hybridized carbons (Fsp3) is 0.556. The van der Waals surface area contributed by atoms with Crippen LogP contribution in [0.25, 0.3) is 0 Å². The van der Waals surface area contributed by atoms with Gasteiger partial charge in [0.05, 0.1) is 18.7 Å². The summed E-state index contributed by atoms with van der Waals surface area (Å²) < 4.78 is 4.83. The molecule has 1 rings (SSSR count). The molecule has 0 saturated carbocycles. The first-order valence-corrected chi connectivity index (χ1v) is 5.09. The molecule has 0 unspecified atom stereocenters. The van der Waals surface area contributed by atoms with E-state index in [1.165, 1.54) is 11.3 Å². The van der Waals surface area contributed by atoms with Gasteiger partial charge in [-0.2, -0.15) is 0 Å². The van der Waals surface area contributed by atoms with Crippen LogP contribution in [0, 0.1) is 5.51 Å². The third kappa shape index (κ3) is 2.81. The van der Waals surface area contributed by atoms with E-state index in [9.17, 15) is 4.79 Å². The number of esters is 1. The molecule has 0 aliphatic rings. The molecule has 4 heteroatoms. The van der Waals surface area contributed by atoms with Gasteiger partial charge in [-0.3, -0.25) is 4.79 Å². The van der Waals surface area contributed by atoms with Gasteiger partial charge in [0, 0.05) is 4.88 Å². The average molecular weight is 198 g/mol. The van der Waals surface area contributed by atoms with Crippen molar-refractivity contribution in [1.82, 2.24) is 4.98 Å². The van der Waals surface area contributed by atoms with Gasteiger partial charge in [-0.05, 0) is 13.3 Å². The van der Waals surface area contributed by atoms with E-state index >= 15 is 0 Å². The third-order valence-corrected chi connectivity index (χ3v) is 2.56. The average Bonchev–Trinajstić information content (AvgIpc) is 2.52. The van der Waals surface area contributed by atoms with Crippen LogP contribution in [0.3, 0.4) is 0 Å². The molecule has 0 spiro atoms. The molecule has 0 aliphatic heterocycles. The Morgan fingerprint density at radius 1 is 1.62 bits per heavy atom. The van der Waals surface area contributed by atoms with Crippen LogP contribution in [0.5, 0.6) is 0 Å². The predicted molar refractivity (Wildman–Crippen MR) is 50.7 cm³/mol. The van der Waals surface area contributed by atoms with Crippen molar-refractivity contribution in [2.45, 2.75) is 26.7 Å². The summed E-state index contributed by atoms with van der Waals surface area (Å²) in [5.74, 6) is -0.212. The smallest absolute Gasteiger partial charge is 0.311 e. The van der Waals surface area contributed by atoms with Crippen molar-refractivity contribution < 1.29 is 9.53 Å². The van der Waals surface area contributed by atoms with Crippen LogP contribution in [0.2, 0.25) is 0 Å². The lowest BCUT2D eigenvalue weighted by Gasteiger charge is -2.00. The van der Waals surface area contributed by atoms with Crippen LogP contribution in [-0.4, -0.2) is 17.6 Å². The number of carbonyl (C=O) groups is 1. The Labute approximate surface area is 81.8 Å². The van der Waals surface area contributed by atoms with Gasteiger partial charge in [0.25, 0.3) is 0 Å². The molecule has 0 bridgehead atoms. The van der Waals surface area contributed by atoms with Gasteiger partial charge in [0.2, 0.25) is 0 Å². The molecular weight excluding hydrogens is 186 g/mol. The summed E-state index contributed by atoms with van der Waals surface area (Å²) in [5, 5.41) is 0. The van der Waals surface area contributed by atoms with E-state index in [1.807, 2.05) is 6.92 Å². The Kier molecular flexibility index (Phi) is 3.89. The van der Waals surface area contributed by atoms with Crippen LogP contribution in [0.4, 0.5) is 0 Å². The Bertz CT molecular complexity index is 283. The number of aryl methyl sites for hydroxylation is 1. The summed E-state index contributed by atoms with van der Waals surface area (Å²) in [6.45, 7) is 4.26. The molecule has 0 atom stereocenters. The molecule has 0 N–H and O–H groups in total. The lowest BCUT2D eigenvalue weighted by atomic mass is 10.2. The van der Waals surface area contributed by atoms with Crippen molar-refractivity contribution >= 4 is 17.3 Å². The highest BCUT2D eigenvalue weighted by Crippen LogP contribution is 2.13. The maximum atomic E-state index is 11.1. The maximum absolute atomic E-state index is 11.1. The number of nitrogens with zero attached hydrogens (tertiary/aromatic N) is 1. The van der Waals surface area contributed by atoms with Crippen LogP contribution < -0.4 is 0 Å².